The van der Waals surface area contributed by atoms with Crippen molar-refractivity contribution in [1.82, 2.24) is 14.9 Å². The summed E-state index contributed by atoms with van der Waals surface area (Å²) in [5.74, 6) is 0.733. The van der Waals surface area contributed by atoms with E-state index in [2.05, 4.69) is 10.3 Å². The molecule has 1 N–H and O–H groups in total. The number of carbonyl (C=O) groups is 1. The summed E-state index contributed by atoms with van der Waals surface area (Å²) in [6, 6.07) is 7.98. The van der Waals surface area contributed by atoms with Crippen LogP contribution in [-0.4, -0.2) is 21.7 Å². The first kappa shape index (κ1) is 19.2. The molecule has 0 unspecified atom stereocenters. The summed E-state index contributed by atoms with van der Waals surface area (Å²) in [6.07, 6.45) is 2.64. The van der Waals surface area contributed by atoms with E-state index in [0.717, 1.165) is 5.56 Å². The number of furan rings is 1. The number of hydrogen-bond donors (Lipinski definition) is 1. The number of thioether (sulfide) groups is 1. The fourth-order valence-electron chi connectivity index (χ4n) is 3.12. The fourth-order valence-corrected chi connectivity index (χ4v) is 3.53. The van der Waals surface area contributed by atoms with Crippen molar-refractivity contribution in [2.45, 2.75) is 45.2 Å². The van der Waals surface area contributed by atoms with Gasteiger partial charge >= 0.3 is 0 Å². The quantitative estimate of drug-likeness (QED) is 0.657. The van der Waals surface area contributed by atoms with Crippen LogP contribution in [0.4, 0.5) is 0 Å². The monoisotopic (exact) mass is 385 g/mol. The van der Waals surface area contributed by atoms with Crippen LogP contribution in [0, 0.1) is 6.92 Å². The van der Waals surface area contributed by atoms with E-state index in [0.29, 0.717) is 31.1 Å². The highest BCUT2D eigenvalue weighted by atomic mass is 32.2. The van der Waals surface area contributed by atoms with Crippen molar-refractivity contribution in [2.24, 2.45) is 0 Å². The molecule has 3 aromatic rings. The van der Waals surface area contributed by atoms with Crippen LogP contribution in [0.3, 0.4) is 0 Å². The predicted octanol–water partition coefficient (Wildman–Crippen LogP) is 3.53. The number of aryl methyl sites for hydroxylation is 2. The molecule has 3 rings (SSSR count). The van der Waals surface area contributed by atoms with Gasteiger partial charge in [0.25, 0.3) is 11.5 Å². The summed E-state index contributed by atoms with van der Waals surface area (Å²) in [4.78, 5) is 31.3. The second-order valence-electron chi connectivity index (χ2n) is 6.18. The number of benzene rings is 1. The van der Waals surface area contributed by atoms with Gasteiger partial charge in [-0.25, -0.2) is 0 Å². The van der Waals surface area contributed by atoms with Gasteiger partial charge in [-0.15, -0.1) is 11.8 Å². The zero-order valence-electron chi connectivity index (χ0n) is 16.0. The molecule has 2 aromatic heterocycles. The van der Waals surface area contributed by atoms with Gasteiger partial charge in [-0.05, 0) is 37.8 Å². The first-order chi connectivity index (χ1) is 13.0. The highest BCUT2D eigenvalue weighted by Crippen LogP contribution is 2.22. The predicted molar refractivity (Wildman–Crippen MR) is 107 cm³/mol. The number of carbonyl (C=O) groups excluding carboxylic acids is 1. The molecular formula is C20H23N3O3S. The lowest BCUT2D eigenvalue weighted by molar-refractivity contribution is 0.0950. The van der Waals surface area contributed by atoms with E-state index in [1.54, 1.807) is 23.3 Å². The lowest BCUT2D eigenvalue weighted by atomic mass is 10.1. The maximum Gasteiger partial charge on any atom is 0.265 e. The van der Waals surface area contributed by atoms with E-state index in [1.165, 1.54) is 4.90 Å². The zero-order chi connectivity index (χ0) is 19.6. The van der Waals surface area contributed by atoms with Crippen molar-refractivity contribution < 1.29 is 9.21 Å². The Morgan fingerprint density at radius 1 is 1.26 bits per heavy atom. The maximum atomic E-state index is 12.9. The van der Waals surface area contributed by atoms with Crippen molar-refractivity contribution in [3.8, 4) is 0 Å². The van der Waals surface area contributed by atoms with Gasteiger partial charge in [0.15, 0.2) is 0 Å². The third-order valence-corrected chi connectivity index (χ3v) is 5.28. The highest BCUT2D eigenvalue weighted by molar-refractivity contribution is 7.98. The van der Waals surface area contributed by atoms with Crippen LogP contribution in [-0.2, 0) is 19.5 Å². The molecule has 0 bridgehead atoms. The summed E-state index contributed by atoms with van der Waals surface area (Å²) in [7, 11) is 0. The molecule has 6 nitrogen and oxygen atoms in total. The number of nitrogens with one attached hydrogen (secondary N) is 1. The Hall–Kier alpha value is -2.54. The molecule has 0 aliphatic heterocycles. The smallest absolute Gasteiger partial charge is 0.265 e. The Balaban J connectivity index is 1.94. The minimum absolute atomic E-state index is 0.230. The Morgan fingerprint density at radius 2 is 1.96 bits per heavy atom. The van der Waals surface area contributed by atoms with Crippen LogP contribution in [0.2, 0.25) is 0 Å². The minimum atomic E-state index is -0.328. The van der Waals surface area contributed by atoms with Gasteiger partial charge in [0.05, 0.1) is 5.56 Å². The molecule has 0 spiro atoms. The van der Waals surface area contributed by atoms with Crippen LogP contribution in [0.5, 0.6) is 0 Å². The molecule has 0 saturated carbocycles. The maximum absolute atomic E-state index is 12.9. The van der Waals surface area contributed by atoms with Gasteiger partial charge in [-0.2, -0.15) is 4.98 Å². The fraction of sp³-hybridized carbons (Fsp3) is 0.350. The third-order valence-electron chi connectivity index (χ3n) is 4.54. The number of aromatic nitrogens is 2. The van der Waals surface area contributed by atoms with Gasteiger partial charge in [0, 0.05) is 24.4 Å². The van der Waals surface area contributed by atoms with E-state index in [1.807, 2.05) is 44.4 Å². The minimum Gasteiger partial charge on any atom is -0.442 e. The molecule has 27 heavy (non-hydrogen) atoms. The van der Waals surface area contributed by atoms with Crippen molar-refractivity contribution in [2.75, 3.05) is 6.26 Å². The van der Waals surface area contributed by atoms with Crippen molar-refractivity contribution in [3.05, 3.63) is 57.3 Å². The first-order valence-electron chi connectivity index (χ1n) is 8.94. The Kier molecular flexibility index (Phi) is 5.70. The SMILES string of the molecule is CCc1nc2oc(C)c(C(=O)NCc3ccc(SC)cc3)c2c(=O)n1CC. The topological polar surface area (TPSA) is 77.1 Å². The van der Waals surface area contributed by atoms with Crippen LogP contribution in [0.15, 0.2) is 38.4 Å². The molecule has 0 saturated heterocycles. The van der Waals surface area contributed by atoms with Crippen molar-refractivity contribution >= 4 is 28.8 Å². The zero-order valence-corrected chi connectivity index (χ0v) is 16.8. The molecule has 1 amide bonds. The van der Waals surface area contributed by atoms with Crippen LogP contribution in [0.25, 0.3) is 11.1 Å². The van der Waals surface area contributed by atoms with E-state index in [9.17, 15) is 9.59 Å². The van der Waals surface area contributed by atoms with E-state index < -0.39 is 0 Å². The molecular weight excluding hydrogens is 362 g/mol. The molecule has 0 fully saturated rings. The average molecular weight is 385 g/mol. The van der Waals surface area contributed by atoms with Gasteiger partial charge in [-0.3, -0.25) is 14.2 Å². The first-order valence-corrected chi connectivity index (χ1v) is 10.2. The largest absolute Gasteiger partial charge is 0.442 e. The highest BCUT2D eigenvalue weighted by Gasteiger charge is 2.23. The number of hydrogen-bond acceptors (Lipinski definition) is 5. The van der Waals surface area contributed by atoms with Crippen LogP contribution < -0.4 is 10.9 Å². The lowest BCUT2D eigenvalue weighted by Crippen LogP contribution is -2.28. The normalized spacial score (nSPS) is 11.1. The Morgan fingerprint density at radius 3 is 2.56 bits per heavy atom. The summed E-state index contributed by atoms with van der Waals surface area (Å²) < 4.78 is 7.23. The average Bonchev–Trinajstić information content (AvgIpc) is 3.02. The van der Waals surface area contributed by atoms with Gasteiger partial charge in [0.2, 0.25) is 5.71 Å². The summed E-state index contributed by atoms with van der Waals surface area (Å²) in [6.45, 7) is 6.38. The summed E-state index contributed by atoms with van der Waals surface area (Å²) in [5.41, 5.74) is 1.26. The second kappa shape index (κ2) is 8.00. The molecule has 0 radical (unpaired) electrons. The molecule has 0 atom stereocenters. The number of amides is 1. The van der Waals surface area contributed by atoms with E-state index in [-0.39, 0.29) is 28.1 Å². The molecule has 142 valence electrons. The van der Waals surface area contributed by atoms with Gasteiger partial charge in [0.1, 0.15) is 17.0 Å². The summed E-state index contributed by atoms with van der Waals surface area (Å²) >= 11 is 1.67. The summed E-state index contributed by atoms with van der Waals surface area (Å²) in [5, 5.41) is 3.14. The molecule has 0 aliphatic rings. The van der Waals surface area contributed by atoms with Crippen molar-refractivity contribution in [1.29, 1.82) is 0 Å². The number of fused-ring (bicyclic) bond motifs is 1. The molecule has 2 heterocycles. The second-order valence-corrected chi connectivity index (χ2v) is 7.05. The number of rotatable bonds is 6. The molecule has 0 aliphatic carbocycles. The molecule has 1 aromatic carbocycles. The Bertz CT molecular complexity index is 1040. The molecule has 7 heteroatoms. The van der Waals surface area contributed by atoms with Crippen LogP contribution in [0.1, 0.15) is 41.4 Å². The van der Waals surface area contributed by atoms with E-state index in [4.69, 9.17) is 4.42 Å². The van der Waals surface area contributed by atoms with Crippen molar-refractivity contribution in [3.63, 3.8) is 0 Å². The lowest BCUT2D eigenvalue weighted by Gasteiger charge is -2.08. The third kappa shape index (κ3) is 3.64. The van der Waals surface area contributed by atoms with Gasteiger partial charge in [-0.1, -0.05) is 19.1 Å². The Labute approximate surface area is 162 Å². The number of nitrogens with zero attached hydrogens (tertiary/aromatic N) is 2. The standard InChI is InChI=1S/C20H23N3O3S/c1-5-15-22-19-17(20(25)23(15)6-2)16(12(3)26-19)18(24)21-11-13-7-9-14(27-4)10-8-13/h7-10H,5-6,11H2,1-4H3,(H,21,24). The van der Waals surface area contributed by atoms with Crippen LogP contribution >= 0.6 is 11.8 Å². The van der Waals surface area contributed by atoms with E-state index >= 15 is 0 Å². The van der Waals surface area contributed by atoms with Gasteiger partial charge < -0.3 is 9.73 Å².